The molecule has 2 rings (SSSR count). The van der Waals surface area contributed by atoms with Crippen LogP contribution in [0.5, 0.6) is 11.5 Å². The molecule has 0 amide bonds. The van der Waals surface area contributed by atoms with Crippen molar-refractivity contribution in [2.75, 3.05) is 19.8 Å². The Kier molecular flexibility index (Phi) is 4.35. The maximum Gasteiger partial charge on any atom is 0.161 e. The fraction of sp³-hybridized carbons (Fsp3) is 0.625. The maximum absolute atomic E-state index is 5.67. The van der Waals surface area contributed by atoms with Gasteiger partial charge in [-0.15, -0.1) is 0 Å². The summed E-state index contributed by atoms with van der Waals surface area (Å²) < 4.78 is 11.2. The van der Waals surface area contributed by atoms with E-state index in [1.54, 1.807) is 0 Å². The lowest BCUT2D eigenvalue weighted by Gasteiger charge is -2.30. The quantitative estimate of drug-likeness (QED) is 0.885. The van der Waals surface area contributed by atoms with Crippen LogP contribution in [-0.2, 0) is 5.41 Å². The lowest BCUT2D eigenvalue weighted by atomic mass is 9.79. The molecular weight excluding hydrogens is 238 g/mol. The Hall–Kier alpha value is -1.22. The van der Waals surface area contributed by atoms with Crippen molar-refractivity contribution >= 4 is 0 Å². The molecular formula is C16H25NO2. The Morgan fingerprint density at radius 3 is 2.58 bits per heavy atom. The number of rotatable bonds is 5. The second-order valence-electron chi connectivity index (χ2n) is 5.91. The van der Waals surface area contributed by atoms with E-state index in [0.717, 1.165) is 24.5 Å². The van der Waals surface area contributed by atoms with E-state index >= 15 is 0 Å². The van der Waals surface area contributed by atoms with Gasteiger partial charge in [-0.25, -0.2) is 0 Å². The Morgan fingerprint density at radius 1 is 1.21 bits per heavy atom. The Balaban J connectivity index is 2.15. The molecule has 3 nitrogen and oxygen atoms in total. The molecule has 0 saturated carbocycles. The molecule has 106 valence electrons. The van der Waals surface area contributed by atoms with Gasteiger partial charge in [-0.05, 0) is 43.0 Å². The first-order chi connectivity index (χ1) is 9.03. The summed E-state index contributed by atoms with van der Waals surface area (Å²) in [5, 5.41) is 3.48. The molecule has 0 fully saturated rings. The van der Waals surface area contributed by atoms with Crippen molar-refractivity contribution in [3.8, 4) is 11.5 Å². The number of fused-ring (bicyclic) bond motifs is 1. The molecule has 0 aliphatic carbocycles. The third-order valence-corrected chi connectivity index (χ3v) is 3.69. The van der Waals surface area contributed by atoms with Crippen LogP contribution in [0.1, 0.15) is 39.7 Å². The molecule has 0 bridgehead atoms. The van der Waals surface area contributed by atoms with Crippen LogP contribution in [0.3, 0.4) is 0 Å². The van der Waals surface area contributed by atoms with Crippen molar-refractivity contribution in [2.45, 2.75) is 45.6 Å². The van der Waals surface area contributed by atoms with Crippen molar-refractivity contribution in [1.29, 1.82) is 0 Å². The van der Waals surface area contributed by atoms with E-state index in [4.69, 9.17) is 9.47 Å². The minimum absolute atomic E-state index is 0.122. The second-order valence-corrected chi connectivity index (χ2v) is 5.91. The van der Waals surface area contributed by atoms with Gasteiger partial charge >= 0.3 is 0 Å². The topological polar surface area (TPSA) is 30.5 Å². The van der Waals surface area contributed by atoms with Crippen LogP contribution >= 0.6 is 0 Å². The van der Waals surface area contributed by atoms with E-state index in [-0.39, 0.29) is 5.41 Å². The fourth-order valence-corrected chi connectivity index (χ4v) is 2.77. The molecule has 1 aliphatic heterocycles. The van der Waals surface area contributed by atoms with Gasteiger partial charge in [0.25, 0.3) is 0 Å². The molecule has 0 aromatic heterocycles. The van der Waals surface area contributed by atoms with Crippen molar-refractivity contribution in [2.24, 2.45) is 0 Å². The summed E-state index contributed by atoms with van der Waals surface area (Å²) in [5.74, 6) is 1.75. The van der Waals surface area contributed by atoms with Crippen LogP contribution in [-0.4, -0.2) is 25.8 Å². The number of ether oxygens (including phenoxy) is 2. The number of hydrogen-bond acceptors (Lipinski definition) is 3. The van der Waals surface area contributed by atoms with Crippen molar-refractivity contribution in [3.63, 3.8) is 0 Å². The van der Waals surface area contributed by atoms with E-state index in [9.17, 15) is 0 Å². The molecule has 0 saturated heterocycles. The predicted octanol–water partition coefficient (Wildman–Crippen LogP) is 3.12. The molecule has 1 aromatic rings. The zero-order valence-corrected chi connectivity index (χ0v) is 12.5. The Labute approximate surface area is 116 Å². The smallest absolute Gasteiger partial charge is 0.161 e. The largest absolute Gasteiger partial charge is 0.486 e. The molecule has 3 heteroatoms. The first-order valence-corrected chi connectivity index (χ1v) is 7.16. The summed E-state index contributed by atoms with van der Waals surface area (Å²) in [6.45, 7) is 11.3. The highest BCUT2D eigenvalue weighted by Gasteiger charge is 2.25. The summed E-state index contributed by atoms with van der Waals surface area (Å²) >= 11 is 0. The summed E-state index contributed by atoms with van der Waals surface area (Å²) in [6, 6.07) is 6.83. The van der Waals surface area contributed by atoms with Crippen LogP contribution in [0.15, 0.2) is 18.2 Å². The minimum atomic E-state index is 0.122. The highest BCUT2D eigenvalue weighted by atomic mass is 16.6. The van der Waals surface area contributed by atoms with E-state index in [1.807, 2.05) is 6.07 Å². The zero-order valence-electron chi connectivity index (χ0n) is 12.5. The third-order valence-electron chi connectivity index (χ3n) is 3.69. The summed E-state index contributed by atoms with van der Waals surface area (Å²) in [7, 11) is 0. The van der Waals surface area contributed by atoms with Crippen LogP contribution in [0.2, 0.25) is 0 Å². The van der Waals surface area contributed by atoms with Gasteiger partial charge in [0.15, 0.2) is 11.5 Å². The molecule has 1 N–H and O–H groups in total. The van der Waals surface area contributed by atoms with E-state index in [1.165, 1.54) is 5.56 Å². The van der Waals surface area contributed by atoms with Gasteiger partial charge in [0.2, 0.25) is 0 Å². The number of nitrogens with one attached hydrogen (secondary N) is 1. The molecule has 1 unspecified atom stereocenters. The lowest BCUT2D eigenvalue weighted by Crippen LogP contribution is -2.33. The highest BCUT2D eigenvalue weighted by molar-refractivity contribution is 5.45. The molecule has 0 radical (unpaired) electrons. The van der Waals surface area contributed by atoms with Crippen molar-refractivity contribution < 1.29 is 9.47 Å². The van der Waals surface area contributed by atoms with Gasteiger partial charge < -0.3 is 14.8 Å². The maximum atomic E-state index is 5.67. The molecule has 1 heterocycles. The minimum Gasteiger partial charge on any atom is -0.486 e. The molecule has 1 aromatic carbocycles. The molecule has 19 heavy (non-hydrogen) atoms. The van der Waals surface area contributed by atoms with Crippen LogP contribution in [0, 0.1) is 0 Å². The van der Waals surface area contributed by atoms with Gasteiger partial charge in [0, 0.05) is 6.04 Å². The summed E-state index contributed by atoms with van der Waals surface area (Å²) in [5.41, 5.74) is 1.43. The van der Waals surface area contributed by atoms with Crippen molar-refractivity contribution in [3.05, 3.63) is 23.8 Å². The highest BCUT2D eigenvalue weighted by Crippen LogP contribution is 2.36. The molecule has 0 spiro atoms. The number of hydrogen-bond donors (Lipinski definition) is 1. The predicted molar refractivity (Wildman–Crippen MR) is 78.2 cm³/mol. The lowest BCUT2D eigenvalue weighted by molar-refractivity contribution is 0.171. The standard InChI is InChI=1S/C16H25NO2/c1-5-17-12(2)11-16(3,4)13-6-7-14-15(10-13)19-9-8-18-14/h6-7,10,12,17H,5,8-9,11H2,1-4H3. The first-order valence-electron chi connectivity index (χ1n) is 7.16. The zero-order chi connectivity index (χ0) is 13.9. The Morgan fingerprint density at radius 2 is 1.89 bits per heavy atom. The van der Waals surface area contributed by atoms with Gasteiger partial charge in [0.05, 0.1) is 0 Å². The SMILES string of the molecule is CCNC(C)CC(C)(C)c1ccc2c(c1)OCCO2. The monoisotopic (exact) mass is 263 g/mol. The van der Waals surface area contributed by atoms with Crippen LogP contribution in [0.25, 0.3) is 0 Å². The summed E-state index contributed by atoms with van der Waals surface area (Å²) in [4.78, 5) is 0. The van der Waals surface area contributed by atoms with Gasteiger partial charge in [-0.1, -0.05) is 26.8 Å². The van der Waals surface area contributed by atoms with Gasteiger partial charge in [-0.3, -0.25) is 0 Å². The average molecular weight is 263 g/mol. The van der Waals surface area contributed by atoms with Crippen LogP contribution in [0.4, 0.5) is 0 Å². The second kappa shape index (κ2) is 5.83. The molecule has 1 atom stereocenters. The number of benzene rings is 1. The first kappa shape index (κ1) is 14.2. The fourth-order valence-electron chi connectivity index (χ4n) is 2.77. The van der Waals surface area contributed by atoms with E-state index < -0.39 is 0 Å². The average Bonchev–Trinajstić information content (AvgIpc) is 2.37. The van der Waals surface area contributed by atoms with Gasteiger partial charge in [-0.2, -0.15) is 0 Å². The normalized spacial score (nSPS) is 16.2. The van der Waals surface area contributed by atoms with E-state index in [0.29, 0.717) is 19.3 Å². The third kappa shape index (κ3) is 3.41. The summed E-state index contributed by atoms with van der Waals surface area (Å²) in [6.07, 6.45) is 1.10. The van der Waals surface area contributed by atoms with Gasteiger partial charge in [0.1, 0.15) is 13.2 Å². The van der Waals surface area contributed by atoms with Crippen LogP contribution < -0.4 is 14.8 Å². The molecule has 1 aliphatic rings. The van der Waals surface area contributed by atoms with Crippen molar-refractivity contribution in [1.82, 2.24) is 5.32 Å². The van der Waals surface area contributed by atoms with E-state index in [2.05, 4.69) is 45.1 Å². The Bertz CT molecular complexity index is 429.